The predicted molar refractivity (Wildman–Crippen MR) is 70.2 cm³/mol. The Hall–Kier alpha value is -1.68. The van der Waals surface area contributed by atoms with Gasteiger partial charge in [0.1, 0.15) is 12.2 Å². The van der Waals surface area contributed by atoms with Gasteiger partial charge in [-0.1, -0.05) is 29.8 Å². The van der Waals surface area contributed by atoms with Gasteiger partial charge in [0, 0.05) is 12.5 Å². The molecule has 1 unspecified atom stereocenters. The van der Waals surface area contributed by atoms with Gasteiger partial charge in [-0.05, 0) is 26.3 Å². The van der Waals surface area contributed by atoms with Crippen LogP contribution in [-0.2, 0) is 6.42 Å². The lowest BCUT2D eigenvalue weighted by atomic mass is 10.0. The first-order valence-electron chi connectivity index (χ1n) is 6.21. The van der Waals surface area contributed by atoms with Crippen LogP contribution >= 0.6 is 0 Å². The van der Waals surface area contributed by atoms with E-state index in [0.29, 0.717) is 6.42 Å². The molecule has 0 aliphatic rings. The summed E-state index contributed by atoms with van der Waals surface area (Å²) in [5.74, 6) is 0.818. The maximum Gasteiger partial charge on any atom is 0.138 e. The molecule has 1 aromatic heterocycles. The fraction of sp³-hybridized carbons (Fsp3) is 0.429. The standard InChI is InChI=1S/C14H19N3O/c1-10(2)17-14(15-9-16-17)8-13(18)12-6-4-11(3)5-7-12/h4-7,9-10,13,18H,8H2,1-3H3. The molecule has 0 aliphatic heterocycles. The summed E-state index contributed by atoms with van der Waals surface area (Å²) in [6.45, 7) is 6.14. The van der Waals surface area contributed by atoms with Crippen LogP contribution in [0.3, 0.4) is 0 Å². The summed E-state index contributed by atoms with van der Waals surface area (Å²) in [5.41, 5.74) is 2.11. The zero-order valence-electron chi connectivity index (χ0n) is 11.0. The first-order valence-corrected chi connectivity index (χ1v) is 6.21. The minimum absolute atomic E-state index is 0.257. The van der Waals surface area contributed by atoms with Gasteiger partial charge in [0.2, 0.25) is 0 Å². The van der Waals surface area contributed by atoms with E-state index in [4.69, 9.17) is 0 Å². The Balaban J connectivity index is 2.13. The van der Waals surface area contributed by atoms with Crippen molar-refractivity contribution in [2.75, 3.05) is 0 Å². The number of hydrogen-bond donors (Lipinski definition) is 1. The first kappa shape index (κ1) is 12.8. The Morgan fingerprint density at radius 2 is 1.89 bits per heavy atom. The molecule has 1 atom stereocenters. The van der Waals surface area contributed by atoms with Gasteiger partial charge in [-0.2, -0.15) is 5.10 Å². The Labute approximate surface area is 107 Å². The molecular formula is C14H19N3O. The summed E-state index contributed by atoms with van der Waals surface area (Å²) in [6.07, 6.45) is 1.49. The van der Waals surface area contributed by atoms with Crippen molar-refractivity contribution in [3.63, 3.8) is 0 Å². The van der Waals surface area contributed by atoms with Crippen LogP contribution < -0.4 is 0 Å². The highest BCUT2D eigenvalue weighted by molar-refractivity contribution is 5.23. The molecule has 0 aliphatic carbocycles. The second-order valence-electron chi connectivity index (χ2n) is 4.85. The first-order chi connectivity index (χ1) is 8.58. The molecule has 0 spiro atoms. The average Bonchev–Trinajstić information content (AvgIpc) is 2.78. The molecule has 4 nitrogen and oxygen atoms in total. The molecule has 1 N–H and O–H groups in total. The highest BCUT2D eigenvalue weighted by Gasteiger charge is 2.14. The number of aromatic nitrogens is 3. The maximum atomic E-state index is 10.2. The highest BCUT2D eigenvalue weighted by Crippen LogP contribution is 2.18. The third-order valence-electron chi connectivity index (χ3n) is 2.97. The van der Waals surface area contributed by atoms with Crippen molar-refractivity contribution in [1.82, 2.24) is 14.8 Å². The van der Waals surface area contributed by atoms with Gasteiger partial charge in [0.05, 0.1) is 6.10 Å². The van der Waals surface area contributed by atoms with Crippen molar-refractivity contribution < 1.29 is 5.11 Å². The van der Waals surface area contributed by atoms with Crippen LogP contribution in [0.2, 0.25) is 0 Å². The molecule has 2 aromatic rings. The van der Waals surface area contributed by atoms with Crippen molar-refractivity contribution in [2.24, 2.45) is 0 Å². The third kappa shape index (κ3) is 2.76. The molecule has 0 amide bonds. The van der Waals surface area contributed by atoms with Gasteiger partial charge < -0.3 is 5.11 Å². The molecule has 0 saturated heterocycles. The van der Waals surface area contributed by atoms with Gasteiger partial charge >= 0.3 is 0 Å². The fourth-order valence-electron chi connectivity index (χ4n) is 1.93. The quantitative estimate of drug-likeness (QED) is 0.900. The molecule has 2 rings (SSSR count). The smallest absolute Gasteiger partial charge is 0.138 e. The number of aliphatic hydroxyl groups is 1. The van der Waals surface area contributed by atoms with Crippen LogP contribution in [0.5, 0.6) is 0 Å². The summed E-state index contributed by atoms with van der Waals surface area (Å²) in [6, 6.07) is 8.18. The van der Waals surface area contributed by atoms with Crippen molar-refractivity contribution in [3.8, 4) is 0 Å². The molecule has 0 saturated carbocycles. The fourth-order valence-corrected chi connectivity index (χ4v) is 1.93. The van der Waals surface area contributed by atoms with Gasteiger partial charge in [0.25, 0.3) is 0 Å². The lowest BCUT2D eigenvalue weighted by Crippen LogP contribution is -2.12. The molecule has 1 heterocycles. The third-order valence-corrected chi connectivity index (χ3v) is 2.97. The predicted octanol–water partition coefficient (Wildman–Crippen LogP) is 2.44. The Bertz CT molecular complexity index is 502. The van der Waals surface area contributed by atoms with E-state index in [9.17, 15) is 5.11 Å². The molecular weight excluding hydrogens is 226 g/mol. The summed E-state index contributed by atoms with van der Waals surface area (Å²) in [7, 11) is 0. The van der Waals surface area contributed by atoms with E-state index in [2.05, 4.69) is 23.9 Å². The average molecular weight is 245 g/mol. The van der Waals surface area contributed by atoms with E-state index < -0.39 is 6.10 Å². The van der Waals surface area contributed by atoms with Crippen LogP contribution in [0.15, 0.2) is 30.6 Å². The van der Waals surface area contributed by atoms with Crippen LogP contribution in [0.4, 0.5) is 0 Å². The largest absolute Gasteiger partial charge is 0.388 e. The van der Waals surface area contributed by atoms with Gasteiger partial charge in [-0.3, -0.25) is 0 Å². The topological polar surface area (TPSA) is 50.9 Å². The van der Waals surface area contributed by atoms with Crippen molar-refractivity contribution in [2.45, 2.75) is 39.3 Å². The van der Waals surface area contributed by atoms with Crippen molar-refractivity contribution in [3.05, 3.63) is 47.5 Å². The van der Waals surface area contributed by atoms with E-state index >= 15 is 0 Å². The Morgan fingerprint density at radius 1 is 1.22 bits per heavy atom. The van der Waals surface area contributed by atoms with Gasteiger partial charge in [0.15, 0.2) is 0 Å². The number of nitrogens with zero attached hydrogens (tertiary/aromatic N) is 3. The van der Waals surface area contributed by atoms with Crippen LogP contribution in [0.25, 0.3) is 0 Å². The van der Waals surface area contributed by atoms with Crippen molar-refractivity contribution in [1.29, 1.82) is 0 Å². The molecule has 0 bridgehead atoms. The molecule has 0 fully saturated rings. The number of aliphatic hydroxyl groups excluding tert-OH is 1. The molecule has 0 radical (unpaired) electrons. The minimum Gasteiger partial charge on any atom is -0.388 e. The minimum atomic E-state index is -0.535. The van der Waals surface area contributed by atoms with Crippen molar-refractivity contribution >= 4 is 0 Å². The highest BCUT2D eigenvalue weighted by atomic mass is 16.3. The molecule has 96 valence electrons. The number of aryl methyl sites for hydroxylation is 1. The SMILES string of the molecule is Cc1ccc(C(O)Cc2ncnn2C(C)C)cc1. The maximum absolute atomic E-state index is 10.2. The Kier molecular flexibility index (Phi) is 3.77. The van der Waals surface area contributed by atoms with Gasteiger partial charge in [-0.15, -0.1) is 0 Å². The molecule has 4 heteroatoms. The Morgan fingerprint density at radius 3 is 2.50 bits per heavy atom. The normalized spacial score (nSPS) is 12.9. The second kappa shape index (κ2) is 5.31. The van der Waals surface area contributed by atoms with E-state index in [-0.39, 0.29) is 6.04 Å². The van der Waals surface area contributed by atoms with Crippen LogP contribution in [0.1, 0.15) is 42.9 Å². The van der Waals surface area contributed by atoms with Crippen LogP contribution in [-0.4, -0.2) is 19.9 Å². The molecule has 1 aromatic carbocycles. The van der Waals surface area contributed by atoms with E-state index in [0.717, 1.165) is 11.4 Å². The monoisotopic (exact) mass is 245 g/mol. The van der Waals surface area contributed by atoms with E-state index in [1.54, 1.807) is 0 Å². The zero-order chi connectivity index (χ0) is 13.1. The number of benzene rings is 1. The zero-order valence-corrected chi connectivity index (χ0v) is 11.0. The summed E-state index contributed by atoms with van der Waals surface area (Å²) >= 11 is 0. The van der Waals surface area contributed by atoms with E-state index in [1.807, 2.05) is 35.9 Å². The lowest BCUT2D eigenvalue weighted by Gasteiger charge is -2.13. The number of rotatable bonds is 4. The van der Waals surface area contributed by atoms with Gasteiger partial charge in [-0.25, -0.2) is 9.67 Å². The van der Waals surface area contributed by atoms with E-state index in [1.165, 1.54) is 11.9 Å². The molecule has 18 heavy (non-hydrogen) atoms. The number of hydrogen-bond acceptors (Lipinski definition) is 3. The lowest BCUT2D eigenvalue weighted by molar-refractivity contribution is 0.173. The second-order valence-corrected chi connectivity index (χ2v) is 4.85. The summed E-state index contributed by atoms with van der Waals surface area (Å²) in [4.78, 5) is 4.21. The summed E-state index contributed by atoms with van der Waals surface area (Å²) in [5, 5.41) is 14.4. The van der Waals surface area contributed by atoms with Crippen LogP contribution in [0, 0.1) is 6.92 Å². The summed E-state index contributed by atoms with van der Waals surface area (Å²) < 4.78 is 1.84.